The molecule has 1 fully saturated rings. The number of hydrogen-bond donors (Lipinski definition) is 4. The number of alkyl halides is 3. The number of aliphatic imine (C=N–C) groups is 1. The number of rotatable bonds is 11. The Kier molecular flexibility index (Phi) is 11.0. The number of carbonyl (C=O) groups is 3. The maximum Gasteiger partial charge on any atom is 0.490 e. The Bertz CT molecular complexity index is 1300. The molecule has 0 aliphatic heterocycles. The largest absolute Gasteiger partial charge is 0.490 e. The van der Waals surface area contributed by atoms with Gasteiger partial charge >= 0.3 is 18.1 Å². The highest BCUT2D eigenvalue weighted by molar-refractivity contribution is 7.14. The molecule has 1 saturated carbocycles. The van der Waals surface area contributed by atoms with Crippen LogP contribution in [0.1, 0.15) is 57.3 Å². The number of carboxylic acids is 2. The van der Waals surface area contributed by atoms with Crippen molar-refractivity contribution in [1.29, 1.82) is 0 Å². The number of amidine groups is 1. The van der Waals surface area contributed by atoms with Crippen molar-refractivity contribution in [2.75, 3.05) is 6.54 Å². The molecule has 0 bridgehead atoms. The fourth-order valence-electron chi connectivity index (χ4n) is 3.94. The second kappa shape index (κ2) is 14.4. The zero-order valence-corrected chi connectivity index (χ0v) is 22.7. The number of carboxylic acid groups (broad SMARTS) is 2. The van der Waals surface area contributed by atoms with Crippen molar-refractivity contribution in [1.82, 2.24) is 5.32 Å². The van der Waals surface area contributed by atoms with Gasteiger partial charge in [-0.15, -0.1) is 11.3 Å². The average molecular weight is 590 g/mol. The maximum atomic E-state index is 12.9. The topological polar surface area (TPSA) is 142 Å². The quantitative estimate of drug-likeness (QED) is 0.136. The number of nitrogens with two attached hydrogens (primary N) is 1. The molecule has 1 heterocycles. The van der Waals surface area contributed by atoms with Gasteiger partial charge in [-0.05, 0) is 48.9 Å². The summed E-state index contributed by atoms with van der Waals surface area (Å²) in [6.45, 7) is 0.473. The molecule has 2 aromatic carbocycles. The van der Waals surface area contributed by atoms with Crippen molar-refractivity contribution >= 4 is 35.0 Å². The number of carbonyl (C=O) groups excluding carboxylic acids is 1. The third-order valence-electron chi connectivity index (χ3n) is 6.19. The lowest BCUT2D eigenvalue weighted by atomic mass is 9.90. The van der Waals surface area contributed by atoms with Crippen molar-refractivity contribution in [2.45, 2.75) is 43.8 Å². The lowest BCUT2D eigenvalue weighted by Gasteiger charge is -2.17. The molecule has 0 spiro atoms. The first-order chi connectivity index (χ1) is 19.5. The number of amides is 1. The zero-order valence-electron chi connectivity index (χ0n) is 21.9. The Morgan fingerprint density at radius 3 is 1.95 bits per heavy atom. The van der Waals surface area contributed by atoms with Gasteiger partial charge < -0.3 is 21.3 Å². The number of aliphatic carboxylic acids is 2. The second-order valence-corrected chi connectivity index (χ2v) is 10.5. The van der Waals surface area contributed by atoms with Crippen molar-refractivity contribution in [3.8, 4) is 0 Å². The number of thiophene rings is 1. The van der Waals surface area contributed by atoms with Crippen LogP contribution >= 0.6 is 11.3 Å². The van der Waals surface area contributed by atoms with Crippen LogP contribution in [0.15, 0.2) is 77.8 Å². The van der Waals surface area contributed by atoms with Gasteiger partial charge in [-0.25, -0.2) is 9.59 Å². The van der Waals surface area contributed by atoms with Crippen molar-refractivity contribution in [2.24, 2.45) is 16.6 Å². The Morgan fingerprint density at radius 1 is 0.951 bits per heavy atom. The minimum Gasteiger partial charge on any atom is -0.480 e. The summed E-state index contributed by atoms with van der Waals surface area (Å²) in [6.07, 6.45) is -2.06. The molecular formula is C29H30F3N3O5S. The van der Waals surface area contributed by atoms with Gasteiger partial charge in [0.25, 0.3) is 5.91 Å². The van der Waals surface area contributed by atoms with E-state index < -0.39 is 24.2 Å². The number of nitrogens with zero attached hydrogens (tertiary/aromatic N) is 1. The number of halogens is 3. The summed E-state index contributed by atoms with van der Waals surface area (Å²) in [5.41, 5.74) is 8.16. The van der Waals surface area contributed by atoms with E-state index in [0.29, 0.717) is 36.0 Å². The van der Waals surface area contributed by atoms with Gasteiger partial charge in [0.05, 0.1) is 10.7 Å². The Balaban J connectivity index is 0.000000587. The molecule has 1 aliphatic carbocycles. The first-order valence-electron chi connectivity index (χ1n) is 12.8. The predicted octanol–water partition coefficient (Wildman–Crippen LogP) is 5.29. The standard InChI is InChI=1S/C27H29N3O3S.C2HF3O2/c28-25(20-13-14-20)29-17-7-12-21(27(32)33)30-26(31)23-16-15-22(34-23)24(18-8-3-1-4-9-18)19-10-5-2-6-11-19;3-2(4,5)1(6)7/h1-6,8-11,15-16,20-21,24H,7,12-14,17H2,(H2,28,29)(H,30,31)(H,32,33);(H,6,7)/t21-;/m0./s1. The van der Waals surface area contributed by atoms with E-state index in [2.05, 4.69) is 34.6 Å². The molecule has 0 saturated heterocycles. The zero-order chi connectivity index (χ0) is 30.0. The average Bonchev–Trinajstić information content (AvgIpc) is 3.69. The molecule has 5 N–H and O–H groups in total. The molecule has 4 rings (SSSR count). The van der Waals surface area contributed by atoms with E-state index in [-0.39, 0.29) is 11.8 Å². The lowest BCUT2D eigenvalue weighted by Crippen LogP contribution is -2.40. The fraction of sp³-hybridized carbons (Fsp3) is 0.310. The van der Waals surface area contributed by atoms with Crippen LogP contribution in [-0.2, 0) is 9.59 Å². The van der Waals surface area contributed by atoms with Crippen LogP contribution in [0.25, 0.3) is 0 Å². The van der Waals surface area contributed by atoms with Crippen molar-refractivity contribution in [3.05, 3.63) is 93.7 Å². The fourth-order valence-corrected chi connectivity index (χ4v) is 5.01. The first kappa shape index (κ1) is 31.3. The van der Waals surface area contributed by atoms with Crippen LogP contribution in [0, 0.1) is 5.92 Å². The van der Waals surface area contributed by atoms with E-state index >= 15 is 0 Å². The smallest absolute Gasteiger partial charge is 0.480 e. The molecule has 1 aliphatic rings. The summed E-state index contributed by atoms with van der Waals surface area (Å²) < 4.78 is 31.7. The lowest BCUT2D eigenvalue weighted by molar-refractivity contribution is -0.192. The summed E-state index contributed by atoms with van der Waals surface area (Å²) in [4.78, 5) is 39.4. The number of benzene rings is 2. The van der Waals surface area contributed by atoms with Crippen molar-refractivity contribution in [3.63, 3.8) is 0 Å². The van der Waals surface area contributed by atoms with E-state index in [9.17, 15) is 27.9 Å². The van der Waals surface area contributed by atoms with Crippen LogP contribution in [0.2, 0.25) is 0 Å². The molecular weight excluding hydrogens is 559 g/mol. The van der Waals surface area contributed by atoms with Gasteiger partial charge in [0.2, 0.25) is 0 Å². The first-order valence-corrected chi connectivity index (χ1v) is 13.6. The van der Waals surface area contributed by atoms with E-state index in [1.165, 1.54) is 11.3 Å². The van der Waals surface area contributed by atoms with E-state index in [1.54, 1.807) is 6.07 Å². The van der Waals surface area contributed by atoms with Crippen LogP contribution < -0.4 is 11.1 Å². The van der Waals surface area contributed by atoms with Gasteiger partial charge in [-0.2, -0.15) is 13.2 Å². The number of hydrogen-bond acceptors (Lipinski definition) is 5. The van der Waals surface area contributed by atoms with Crippen LogP contribution in [0.3, 0.4) is 0 Å². The SMILES string of the molecule is NC(=NCCC[C@H](NC(=O)c1ccc(C(c2ccccc2)c2ccccc2)s1)C(=O)O)C1CC1.O=C(O)C(F)(F)F. The summed E-state index contributed by atoms with van der Waals surface area (Å²) in [5.74, 6) is -3.11. The van der Waals surface area contributed by atoms with E-state index in [1.807, 2.05) is 42.5 Å². The van der Waals surface area contributed by atoms with E-state index in [0.717, 1.165) is 28.8 Å². The molecule has 218 valence electrons. The second-order valence-electron chi connectivity index (χ2n) is 9.35. The predicted molar refractivity (Wildman–Crippen MR) is 149 cm³/mol. The highest BCUT2D eigenvalue weighted by atomic mass is 32.1. The van der Waals surface area contributed by atoms with Gasteiger partial charge in [-0.3, -0.25) is 9.79 Å². The monoisotopic (exact) mass is 589 g/mol. The summed E-state index contributed by atoms with van der Waals surface area (Å²) in [5, 5.41) is 19.4. The molecule has 41 heavy (non-hydrogen) atoms. The molecule has 12 heteroatoms. The van der Waals surface area contributed by atoms with Gasteiger partial charge in [0.1, 0.15) is 6.04 Å². The molecule has 1 atom stereocenters. The van der Waals surface area contributed by atoms with E-state index in [4.69, 9.17) is 15.6 Å². The number of nitrogens with one attached hydrogen (secondary N) is 1. The van der Waals surface area contributed by atoms with Crippen LogP contribution in [-0.4, -0.2) is 52.7 Å². The molecule has 0 radical (unpaired) electrons. The van der Waals surface area contributed by atoms with Crippen LogP contribution in [0.4, 0.5) is 13.2 Å². The minimum absolute atomic E-state index is 0.000918. The van der Waals surface area contributed by atoms with Gasteiger partial charge in [-0.1, -0.05) is 60.7 Å². The van der Waals surface area contributed by atoms with Gasteiger partial charge in [0, 0.05) is 23.3 Å². The maximum absolute atomic E-state index is 12.9. The van der Waals surface area contributed by atoms with Crippen molar-refractivity contribution < 1.29 is 37.8 Å². The van der Waals surface area contributed by atoms with Crippen LogP contribution in [0.5, 0.6) is 0 Å². The molecule has 3 aromatic rings. The van der Waals surface area contributed by atoms with Gasteiger partial charge in [0.15, 0.2) is 0 Å². The third kappa shape index (κ3) is 9.75. The Hall–Kier alpha value is -4.19. The molecule has 1 aromatic heterocycles. The molecule has 0 unspecified atom stereocenters. The molecule has 1 amide bonds. The molecule has 8 nitrogen and oxygen atoms in total. The summed E-state index contributed by atoms with van der Waals surface area (Å²) >= 11 is 1.39. The highest BCUT2D eigenvalue weighted by Gasteiger charge is 2.38. The summed E-state index contributed by atoms with van der Waals surface area (Å²) in [6, 6.07) is 23.1. The minimum atomic E-state index is -5.08. The Labute approximate surface area is 238 Å². The third-order valence-corrected chi connectivity index (χ3v) is 7.34. The Morgan fingerprint density at radius 2 is 1.49 bits per heavy atom. The normalized spacial score (nSPS) is 14.1. The summed E-state index contributed by atoms with van der Waals surface area (Å²) in [7, 11) is 0. The highest BCUT2D eigenvalue weighted by Crippen LogP contribution is 2.36.